The summed E-state index contributed by atoms with van der Waals surface area (Å²) in [5.41, 5.74) is 6.78. The molecule has 1 aromatic carbocycles. The summed E-state index contributed by atoms with van der Waals surface area (Å²) in [6.45, 7) is 4.56. The van der Waals surface area contributed by atoms with Crippen LogP contribution in [0.15, 0.2) is 18.2 Å². The Morgan fingerprint density at radius 1 is 1.24 bits per heavy atom. The average molecular weight is 291 g/mol. The van der Waals surface area contributed by atoms with E-state index < -0.39 is 0 Å². The van der Waals surface area contributed by atoms with Gasteiger partial charge in [-0.3, -0.25) is 0 Å². The van der Waals surface area contributed by atoms with Crippen LogP contribution in [0.3, 0.4) is 0 Å². The summed E-state index contributed by atoms with van der Waals surface area (Å²) in [6, 6.07) is 5.19. The SMILES string of the molecule is CCOc1c(N)cccc1C(=O)OC1CCC(CC)CC1. The fourth-order valence-electron chi connectivity index (χ4n) is 2.89. The van der Waals surface area contributed by atoms with Crippen LogP contribution in [-0.2, 0) is 4.74 Å². The number of rotatable bonds is 5. The van der Waals surface area contributed by atoms with Crippen LogP contribution in [0, 0.1) is 5.92 Å². The van der Waals surface area contributed by atoms with Crippen LogP contribution < -0.4 is 10.5 Å². The standard InChI is InChI=1S/C17H25NO3/c1-3-12-8-10-13(11-9-12)21-17(19)14-6-5-7-15(18)16(14)20-4-2/h5-7,12-13H,3-4,8-11,18H2,1-2H3. The number of nitrogens with two attached hydrogens (primary N) is 1. The topological polar surface area (TPSA) is 61.5 Å². The zero-order valence-corrected chi connectivity index (χ0v) is 12.9. The molecule has 2 N–H and O–H groups in total. The van der Waals surface area contributed by atoms with Crippen molar-refractivity contribution >= 4 is 11.7 Å². The smallest absolute Gasteiger partial charge is 0.342 e. The third kappa shape index (κ3) is 3.90. The van der Waals surface area contributed by atoms with Gasteiger partial charge < -0.3 is 15.2 Å². The summed E-state index contributed by atoms with van der Waals surface area (Å²) < 4.78 is 11.1. The molecule has 0 atom stereocenters. The molecule has 2 rings (SSSR count). The van der Waals surface area contributed by atoms with E-state index in [4.69, 9.17) is 15.2 Å². The van der Waals surface area contributed by atoms with E-state index in [0.29, 0.717) is 23.6 Å². The maximum atomic E-state index is 12.4. The van der Waals surface area contributed by atoms with Crippen LogP contribution in [0.2, 0.25) is 0 Å². The van der Waals surface area contributed by atoms with Crippen LogP contribution in [-0.4, -0.2) is 18.7 Å². The molecule has 1 fully saturated rings. The quantitative estimate of drug-likeness (QED) is 0.662. The molecule has 0 spiro atoms. The Bertz CT molecular complexity index is 479. The summed E-state index contributed by atoms with van der Waals surface area (Å²) in [5, 5.41) is 0. The molecule has 1 aromatic rings. The molecule has 0 amide bonds. The van der Waals surface area contributed by atoms with Gasteiger partial charge in [-0.05, 0) is 50.7 Å². The summed E-state index contributed by atoms with van der Waals surface area (Å²) in [6.07, 6.45) is 5.43. The van der Waals surface area contributed by atoms with Crippen molar-refractivity contribution in [3.8, 4) is 5.75 Å². The van der Waals surface area contributed by atoms with Gasteiger partial charge in [0, 0.05) is 0 Å². The summed E-state index contributed by atoms with van der Waals surface area (Å²) in [5.74, 6) is 0.893. The molecule has 1 aliphatic rings. The summed E-state index contributed by atoms with van der Waals surface area (Å²) >= 11 is 0. The molecular formula is C17H25NO3. The zero-order valence-electron chi connectivity index (χ0n) is 12.9. The van der Waals surface area contributed by atoms with Gasteiger partial charge in [0.25, 0.3) is 0 Å². The van der Waals surface area contributed by atoms with E-state index in [9.17, 15) is 4.79 Å². The fourth-order valence-corrected chi connectivity index (χ4v) is 2.89. The second kappa shape index (κ2) is 7.34. The van der Waals surface area contributed by atoms with Crippen molar-refractivity contribution in [1.29, 1.82) is 0 Å². The lowest BCUT2D eigenvalue weighted by Gasteiger charge is -2.27. The van der Waals surface area contributed by atoms with Crippen molar-refractivity contribution in [2.24, 2.45) is 5.92 Å². The predicted octanol–water partition coefficient (Wildman–Crippen LogP) is 3.79. The van der Waals surface area contributed by atoms with Gasteiger partial charge in [0.15, 0.2) is 5.75 Å². The third-order valence-corrected chi connectivity index (χ3v) is 4.20. The van der Waals surface area contributed by atoms with Crippen molar-refractivity contribution in [1.82, 2.24) is 0 Å². The highest BCUT2D eigenvalue weighted by atomic mass is 16.5. The lowest BCUT2D eigenvalue weighted by atomic mass is 9.86. The summed E-state index contributed by atoms with van der Waals surface area (Å²) in [4.78, 5) is 12.4. The van der Waals surface area contributed by atoms with E-state index in [1.54, 1.807) is 18.2 Å². The highest BCUT2D eigenvalue weighted by Crippen LogP contribution is 2.31. The molecule has 0 aromatic heterocycles. The van der Waals surface area contributed by atoms with Gasteiger partial charge in [-0.1, -0.05) is 19.4 Å². The molecule has 0 aliphatic heterocycles. The molecule has 0 unspecified atom stereocenters. The predicted molar refractivity (Wildman–Crippen MR) is 83.5 cm³/mol. The minimum atomic E-state index is -0.328. The number of carbonyl (C=O) groups excluding carboxylic acids is 1. The van der Waals surface area contributed by atoms with Crippen molar-refractivity contribution in [2.75, 3.05) is 12.3 Å². The molecule has 21 heavy (non-hydrogen) atoms. The number of ether oxygens (including phenoxy) is 2. The molecular weight excluding hydrogens is 266 g/mol. The number of benzene rings is 1. The number of nitrogen functional groups attached to an aromatic ring is 1. The Balaban J connectivity index is 2.02. The largest absolute Gasteiger partial charge is 0.491 e. The highest BCUT2D eigenvalue weighted by molar-refractivity contribution is 5.94. The van der Waals surface area contributed by atoms with Gasteiger partial charge in [0.2, 0.25) is 0 Å². The molecule has 4 nitrogen and oxygen atoms in total. The number of hydrogen-bond donors (Lipinski definition) is 1. The lowest BCUT2D eigenvalue weighted by Crippen LogP contribution is -2.24. The van der Waals surface area contributed by atoms with E-state index in [0.717, 1.165) is 31.6 Å². The van der Waals surface area contributed by atoms with Gasteiger partial charge in [0.1, 0.15) is 11.7 Å². The number of anilines is 1. The van der Waals surface area contributed by atoms with E-state index in [1.165, 1.54) is 6.42 Å². The monoisotopic (exact) mass is 291 g/mol. The normalized spacial score (nSPS) is 21.8. The van der Waals surface area contributed by atoms with E-state index >= 15 is 0 Å². The van der Waals surface area contributed by atoms with E-state index in [-0.39, 0.29) is 12.1 Å². The maximum Gasteiger partial charge on any atom is 0.342 e. The number of carbonyl (C=O) groups is 1. The molecule has 0 saturated heterocycles. The lowest BCUT2D eigenvalue weighted by molar-refractivity contribution is 0.0161. The van der Waals surface area contributed by atoms with Crippen molar-refractivity contribution < 1.29 is 14.3 Å². The Labute approximate surface area is 126 Å². The first kappa shape index (κ1) is 15.7. The van der Waals surface area contributed by atoms with Crippen LogP contribution in [0.4, 0.5) is 5.69 Å². The molecule has 4 heteroatoms. The van der Waals surface area contributed by atoms with Gasteiger partial charge in [-0.15, -0.1) is 0 Å². The third-order valence-electron chi connectivity index (χ3n) is 4.20. The first-order valence-corrected chi connectivity index (χ1v) is 7.87. The Morgan fingerprint density at radius 3 is 2.57 bits per heavy atom. The second-order valence-electron chi connectivity index (χ2n) is 5.61. The Hall–Kier alpha value is -1.71. The van der Waals surface area contributed by atoms with Crippen LogP contribution in [0.1, 0.15) is 56.3 Å². The number of para-hydroxylation sites is 1. The zero-order chi connectivity index (χ0) is 15.2. The van der Waals surface area contributed by atoms with Gasteiger partial charge in [-0.25, -0.2) is 4.79 Å². The first-order valence-electron chi connectivity index (χ1n) is 7.87. The molecule has 0 bridgehead atoms. The Morgan fingerprint density at radius 2 is 1.95 bits per heavy atom. The highest BCUT2D eigenvalue weighted by Gasteiger charge is 2.25. The molecule has 1 aliphatic carbocycles. The second-order valence-corrected chi connectivity index (χ2v) is 5.61. The molecule has 1 saturated carbocycles. The van der Waals surface area contributed by atoms with E-state index in [1.807, 2.05) is 6.92 Å². The van der Waals surface area contributed by atoms with Crippen LogP contribution in [0.25, 0.3) is 0 Å². The molecule has 0 heterocycles. The summed E-state index contributed by atoms with van der Waals surface area (Å²) in [7, 11) is 0. The van der Waals surface area contributed by atoms with Crippen molar-refractivity contribution in [3.05, 3.63) is 23.8 Å². The molecule has 0 radical (unpaired) electrons. The van der Waals surface area contributed by atoms with Gasteiger partial charge in [0.05, 0.1) is 12.3 Å². The minimum Gasteiger partial charge on any atom is -0.491 e. The van der Waals surface area contributed by atoms with Crippen LogP contribution in [0.5, 0.6) is 5.75 Å². The Kier molecular flexibility index (Phi) is 5.48. The van der Waals surface area contributed by atoms with Crippen LogP contribution >= 0.6 is 0 Å². The van der Waals surface area contributed by atoms with Gasteiger partial charge >= 0.3 is 5.97 Å². The number of esters is 1. The van der Waals surface area contributed by atoms with Crippen molar-refractivity contribution in [2.45, 2.75) is 52.1 Å². The van der Waals surface area contributed by atoms with E-state index in [2.05, 4.69) is 6.92 Å². The average Bonchev–Trinajstić information content (AvgIpc) is 2.50. The van der Waals surface area contributed by atoms with Gasteiger partial charge in [-0.2, -0.15) is 0 Å². The fraction of sp³-hybridized carbons (Fsp3) is 0.588. The number of hydrogen-bond acceptors (Lipinski definition) is 4. The maximum absolute atomic E-state index is 12.4. The first-order chi connectivity index (χ1) is 10.2. The minimum absolute atomic E-state index is 0.0243. The molecule has 116 valence electrons. The van der Waals surface area contributed by atoms with Crippen molar-refractivity contribution in [3.63, 3.8) is 0 Å².